The zero-order chi connectivity index (χ0) is 24.3. The second-order valence-corrected chi connectivity index (χ2v) is 9.70. The molecular formula is C28H32FNO4. The number of likely N-dealkylation sites (tertiary alicyclic amines) is 1. The fraction of sp³-hybridized carbons (Fsp3) is 0.393. The Bertz CT molecular complexity index is 1140. The first-order valence-electron chi connectivity index (χ1n) is 11.6. The van der Waals surface area contributed by atoms with Gasteiger partial charge in [0.2, 0.25) is 0 Å². The van der Waals surface area contributed by atoms with Gasteiger partial charge in [-0.15, -0.1) is 0 Å². The number of piperidine rings is 1. The molecule has 4 rings (SSSR count). The van der Waals surface area contributed by atoms with Crippen molar-refractivity contribution in [1.29, 1.82) is 0 Å². The lowest BCUT2D eigenvalue weighted by Gasteiger charge is -2.39. The number of halogens is 1. The van der Waals surface area contributed by atoms with Crippen molar-refractivity contribution >= 4 is 16.9 Å². The molecule has 2 atom stereocenters. The maximum atomic E-state index is 13.5. The van der Waals surface area contributed by atoms with Crippen LogP contribution in [-0.4, -0.2) is 42.9 Å². The van der Waals surface area contributed by atoms with Crippen LogP contribution in [0.3, 0.4) is 0 Å². The Hall–Kier alpha value is -3.12. The molecule has 34 heavy (non-hydrogen) atoms. The number of rotatable bonds is 5. The zero-order valence-corrected chi connectivity index (χ0v) is 20.2. The van der Waals surface area contributed by atoms with Gasteiger partial charge in [-0.1, -0.05) is 48.5 Å². The van der Waals surface area contributed by atoms with Crippen LogP contribution >= 0.6 is 0 Å². The highest BCUT2D eigenvalue weighted by molar-refractivity contribution is 5.89. The molecule has 1 aliphatic rings. The summed E-state index contributed by atoms with van der Waals surface area (Å²) in [6.45, 7) is 6.85. The van der Waals surface area contributed by atoms with Crippen molar-refractivity contribution in [3.63, 3.8) is 0 Å². The summed E-state index contributed by atoms with van der Waals surface area (Å²) in [5.74, 6) is 0.551. The molecule has 2 unspecified atom stereocenters. The summed E-state index contributed by atoms with van der Waals surface area (Å²) in [4.78, 5) is 14.4. The topological polar surface area (TPSA) is 48.0 Å². The van der Waals surface area contributed by atoms with Crippen molar-refractivity contribution in [2.75, 3.05) is 20.2 Å². The number of hydrogen-bond acceptors (Lipinski definition) is 4. The molecule has 0 radical (unpaired) electrons. The van der Waals surface area contributed by atoms with Crippen molar-refractivity contribution in [2.24, 2.45) is 0 Å². The molecule has 1 aliphatic heterocycles. The maximum Gasteiger partial charge on any atom is 0.410 e. The number of carbonyl (C=O) groups excluding carboxylic acids is 1. The van der Waals surface area contributed by atoms with Crippen molar-refractivity contribution in [2.45, 2.75) is 51.4 Å². The molecule has 0 N–H and O–H groups in total. The third-order valence-corrected chi connectivity index (χ3v) is 6.13. The average Bonchev–Trinajstić information content (AvgIpc) is 2.81. The van der Waals surface area contributed by atoms with E-state index >= 15 is 0 Å². The van der Waals surface area contributed by atoms with Crippen LogP contribution in [0.2, 0.25) is 0 Å². The van der Waals surface area contributed by atoms with Crippen molar-refractivity contribution in [3.8, 4) is 5.75 Å². The molecule has 1 amide bonds. The molecule has 1 heterocycles. The number of benzene rings is 3. The first kappa shape index (κ1) is 24.0. The van der Waals surface area contributed by atoms with Crippen LogP contribution in [0.15, 0.2) is 60.7 Å². The number of hydrogen-bond donors (Lipinski definition) is 0. The summed E-state index contributed by atoms with van der Waals surface area (Å²) in [5, 5.41) is 2.13. The molecule has 3 aromatic rings. The van der Waals surface area contributed by atoms with Crippen LogP contribution < -0.4 is 4.74 Å². The molecule has 6 heteroatoms. The standard InChI is InChI=1S/C28H32FNO4/c1-28(2,3)34-27(31)30-16-15-23(20-11-13-22(29)14-12-20)25(17-30)33-18-21-10-9-19-7-5-6-8-24(19)26(21)32-4/h5-14,23,25H,15-18H2,1-4H3. The molecule has 180 valence electrons. The number of nitrogens with zero attached hydrogens (tertiary/aromatic N) is 1. The van der Waals surface area contributed by atoms with Gasteiger partial charge in [-0.05, 0) is 50.3 Å². The van der Waals surface area contributed by atoms with E-state index in [0.29, 0.717) is 26.1 Å². The van der Waals surface area contributed by atoms with E-state index in [-0.39, 0.29) is 23.9 Å². The van der Waals surface area contributed by atoms with E-state index in [2.05, 4.69) is 6.07 Å². The van der Waals surface area contributed by atoms with Gasteiger partial charge < -0.3 is 19.1 Å². The Balaban J connectivity index is 1.57. The smallest absolute Gasteiger partial charge is 0.410 e. The van der Waals surface area contributed by atoms with Crippen molar-refractivity contribution in [1.82, 2.24) is 4.90 Å². The largest absolute Gasteiger partial charge is 0.496 e. The number of carbonyl (C=O) groups is 1. The van der Waals surface area contributed by atoms with E-state index in [9.17, 15) is 9.18 Å². The zero-order valence-electron chi connectivity index (χ0n) is 20.2. The highest BCUT2D eigenvalue weighted by atomic mass is 19.1. The summed E-state index contributed by atoms with van der Waals surface area (Å²) in [5.41, 5.74) is 1.37. The van der Waals surface area contributed by atoms with Crippen molar-refractivity contribution in [3.05, 3.63) is 77.6 Å². The van der Waals surface area contributed by atoms with Gasteiger partial charge >= 0.3 is 6.09 Å². The third kappa shape index (κ3) is 5.50. The van der Waals surface area contributed by atoms with Gasteiger partial charge in [0.15, 0.2) is 0 Å². The minimum Gasteiger partial charge on any atom is -0.496 e. The van der Waals surface area contributed by atoms with E-state index in [1.54, 1.807) is 24.1 Å². The molecule has 0 spiro atoms. The Morgan fingerprint density at radius 1 is 1.06 bits per heavy atom. The second-order valence-electron chi connectivity index (χ2n) is 9.70. The summed E-state index contributed by atoms with van der Waals surface area (Å²) < 4.78 is 31.3. The molecule has 0 aromatic heterocycles. The van der Waals surface area contributed by atoms with Crippen LogP contribution in [0.5, 0.6) is 5.75 Å². The fourth-order valence-corrected chi connectivity index (χ4v) is 4.51. The van der Waals surface area contributed by atoms with Crippen LogP contribution in [-0.2, 0) is 16.1 Å². The van der Waals surface area contributed by atoms with Gasteiger partial charge in [0.1, 0.15) is 17.2 Å². The highest BCUT2D eigenvalue weighted by Crippen LogP contribution is 2.34. The lowest BCUT2D eigenvalue weighted by atomic mass is 9.87. The molecule has 5 nitrogen and oxygen atoms in total. The predicted molar refractivity (Wildman–Crippen MR) is 131 cm³/mol. The molecule has 1 fully saturated rings. The van der Waals surface area contributed by atoms with E-state index in [1.807, 2.05) is 51.1 Å². The fourth-order valence-electron chi connectivity index (χ4n) is 4.51. The Labute approximate surface area is 200 Å². The van der Waals surface area contributed by atoms with Gasteiger partial charge in [-0.3, -0.25) is 0 Å². The quantitative estimate of drug-likeness (QED) is 0.444. The third-order valence-electron chi connectivity index (χ3n) is 6.13. The van der Waals surface area contributed by atoms with Gasteiger partial charge in [-0.25, -0.2) is 9.18 Å². The molecule has 0 bridgehead atoms. The van der Waals surface area contributed by atoms with E-state index < -0.39 is 5.60 Å². The molecule has 3 aromatic carbocycles. The van der Waals surface area contributed by atoms with Gasteiger partial charge in [0.25, 0.3) is 0 Å². The van der Waals surface area contributed by atoms with E-state index in [0.717, 1.165) is 27.6 Å². The first-order valence-corrected chi connectivity index (χ1v) is 11.6. The molecule has 1 saturated heterocycles. The summed E-state index contributed by atoms with van der Waals surface area (Å²) >= 11 is 0. The number of ether oxygens (including phenoxy) is 3. The highest BCUT2D eigenvalue weighted by Gasteiger charge is 2.35. The predicted octanol–water partition coefficient (Wildman–Crippen LogP) is 6.30. The molecule has 0 saturated carbocycles. The average molecular weight is 466 g/mol. The molecule has 0 aliphatic carbocycles. The SMILES string of the molecule is COc1c(COC2CN(C(=O)OC(C)(C)C)CCC2c2ccc(F)cc2)ccc2ccccc12. The maximum absolute atomic E-state index is 13.5. The number of fused-ring (bicyclic) bond motifs is 1. The van der Waals surface area contributed by atoms with Crippen LogP contribution in [0.1, 0.15) is 44.2 Å². The Morgan fingerprint density at radius 2 is 1.79 bits per heavy atom. The minimum absolute atomic E-state index is 0.0331. The lowest BCUT2D eigenvalue weighted by Crippen LogP contribution is -2.48. The van der Waals surface area contributed by atoms with Crippen LogP contribution in [0.25, 0.3) is 10.8 Å². The van der Waals surface area contributed by atoms with Crippen LogP contribution in [0.4, 0.5) is 9.18 Å². The van der Waals surface area contributed by atoms with Gasteiger partial charge in [0.05, 0.1) is 26.4 Å². The van der Waals surface area contributed by atoms with Gasteiger partial charge in [-0.2, -0.15) is 0 Å². The minimum atomic E-state index is -0.570. The van der Waals surface area contributed by atoms with E-state index in [4.69, 9.17) is 14.2 Å². The summed E-state index contributed by atoms with van der Waals surface area (Å²) in [7, 11) is 1.66. The van der Waals surface area contributed by atoms with Gasteiger partial charge in [0, 0.05) is 23.4 Å². The first-order chi connectivity index (χ1) is 16.2. The summed E-state index contributed by atoms with van der Waals surface area (Å²) in [6.07, 6.45) is 0.0783. The Morgan fingerprint density at radius 3 is 2.50 bits per heavy atom. The second kappa shape index (κ2) is 10.0. The number of amides is 1. The number of methoxy groups -OCH3 is 1. The van der Waals surface area contributed by atoms with Crippen molar-refractivity contribution < 1.29 is 23.4 Å². The van der Waals surface area contributed by atoms with E-state index in [1.165, 1.54) is 12.1 Å². The summed E-state index contributed by atoms with van der Waals surface area (Å²) in [6, 6.07) is 18.7. The lowest BCUT2D eigenvalue weighted by molar-refractivity contribution is -0.0363. The normalized spacial score (nSPS) is 18.7. The molecular weight excluding hydrogens is 433 g/mol. The van der Waals surface area contributed by atoms with Crippen LogP contribution in [0, 0.1) is 5.82 Å². The Kier molecular flexibility index (Phi) is 7.08. The monoisotopic (exact) mass is 465 g/mol.